The van der Waals surface area contributed by atoms with Gasteiger partial charge in [0.1, 0.15) is 5.82 Å². The fraction of sp³-hybridized carbons (Fsp3) is 0.0833. The molecule has 2 aromatic rings. The fourth-order valence-corrected chi connectivity index (χ4v) is 1.35. The van der Waals surface area contributed by atoms with Crippen molar-refractivity contribution < 1.29 is 4.39 Å². The van der Waals surface area contributed by atoms with Gasteiger partial charge in [-0.15, -0.1) is 0 Å². The van der Waals surface area contributed by atoms with Gasteiger partial charge in [0.25, 0.3) is 5.56 Å². The summed E-state index contributed by atoms with van der Waals surface area (Å²) in [6.07, 6.45) is 1.50. The number of rotatable bonds is 3. The lowest BCUT2D eigenvalue weighted by atomic mass is 10.2. The molecule has 0 aliphatic rings. The van der Waals surface area contributed by atoms with Crippen molar-refractivity contribution in [2.75, 3.05) is 5.43 Å². The van der Waals surface area contributed by atoms with Crippen molar-refractivity contribution in [3.05, 3.63) is 57.8 Å². The first-order valence-electron chi connectivity index (χ1n) is 5.26. The number of hydrogen-bond donors (Lipinski definition) is 2. The predicted octanol–water partition coefficient (Wildman–Crippen LogP) is 1.66. The molecule has 18 heavy (non-hydrogen) atoms. The average Bonchev–Trinajstić information content (AvgIpc) is 2.30. The molecule has 92 valence electrons. The molecule has 0 saturated heterocycles. The van der Waals surface area contributed by atoms with Gasteiger partial charge >= 0.3 is 0 Å². The highest BCUT2D eigenvalue weighted by Gasteiger charge is 1.95. The second kappa shape index (κ2) is 5.22. The third-order valence-corrected chi connectivity index (χ3v) is 2.12. The summed E-state index contributed by atoms with van der Waals surface area (Å²) in [6.45, 7) is 1.71. The van der Waals surface area contributed by atoms with Gasteiger partial charge in [0.15, 0.2) is 0 Å². The Balaban J connectivity index is 2.07. The smallest absolute Gasteiger partial charge is 0.252 e. The number of H-pyrrole nitrogens is 1. The Hall–Kier alpha value is -2.50. The number of nitrogens with zero attached hydrogens (tertiary/aromatic N) is 2. The number of nitrogens with one attached hydrogen (secondary N) is 2. The Morgan fingerprint density at radius 1 is 1.39 bits per heavy atom. The zero-order valence-corrected chi connectivity index (χ0v) is 9.64. The summed E-state index contributed by atoms with van der Waals surface area (Å²) < 4.78 is 12.7. The van der Waals surface area contributed by atoms with E-state index >= 15 is 0 Å². The molecule has 0 saturated carbocycles. The maximum atomic E-state index is 12.7. The standard InChI is InChI=1S/C12H11FN4O/c1-8-6-11(18)16-12(15-8)17-14-7-9-2-4-10(13)5-3-9/h2-7H,1H3,(H2,15,16,17,18). The molecule has 2 rings (SSSR count). The highest BCUT2D eigenvalue weighted by molar-refractivity contribution is 5.79. The van der Waals surface area contributed by atoms with Gasteiger partial charge < -0.3 is 0 Å². The van der Waals surface area contributed by atoms with Crippen LogP contribution < -0.4 is 11.0 Å². The molecule has 0 atom stereocenters. The highest BCUT2D eigenvalue weighted by atomic mass is 19.1. The normalized spacial score (nSPS) is 10.8. The molecule has 6 heteroatoms. The zero-order valence-electron chi connectivity index (χ0n) is 9.64. The number of aryl methyl sites for hydroxylation is 1. The van der Waals surface area contributed by atoms with Crippen molar-refractivity contribution in [1.82, 2.24) is 9.97 Å². The third-order valence-electron chi connectivity index (χ3n) is 2.12. The van der Waals surface area contributed by atoms with E-state index in [0.29, 0.717) is 5.69 Å². The van der Waals surface area contributed by atoms with Crippen LogP contribution in [-0.2, 0) is 0 Å². The lowest BCUT2D eigenvalue weighted by Gasteiger charge is -1.99. The van der Waals surface area contributed by atoms with Crippen molar-refractivity contribution in [2.24, 2.45) is 5.10 Å². The molecule has 0 aliphatic heterocycles. The van der Waals surface area contributed by atoms with Gasteiger partial charge in [-0.3, -0.25) is 9.78 Å². The van der Waals surface area contributed by atoms with E-state index in [1.165, 1.54) is 24.4 Å². The van der Waals surface area contributed by atoms with Crippen LogP contribution in [0.4, 0.5) is 10.3 Å². The van der Waals surface area contributed by atoms with E-state index in [1.807, 2.05) is 0 Å². The van der Waals surface area contributed by atoms with E-state index in [9.17, 15) is 9.18 Å². The largest absolute Gasteiger partial charge is 0.291 e. The van der Waals surface area contributed by atoms with Crippen LogP contribution in [-0.4, -0.2) is 16.2 Å². The molecule has 1 aromatic heterocycles. The van der Waals surface area contributed by atoms with E-state index in [-0.39, 0.29) is 17.3 Å². The molecular weight excluding hydrogens is 235 g/mol. The van der Waals surface area contributed by atoms with E-state index in [4.69, 9.17) is 0 Å². The number of anilines is 1. The van der Waals surface area contributed by atoms with Crippen LogP contribution >= 0.6 is 0 Å². The minimum atomic E-state index is -0.301. The maximum Gasteiger partial charge on any atom is 0.252 e. The molecular formula is C12H11FN4O. The van der Waals surface area contributed by atoms with Crippen LogP contribution in [0.25, 0.3) is 0 Å². The third kappa shape index (κ3) is 3.24. The molecule has 0 spiro atoms. The van der Waals surface area contributed by atoms with Crippen LogP contribution in [0.3, 0.4) is 0 Å². The molecule has 1 aromatic carbocycles. The Morgan fingerprint density at radius 2 is 2.11 bits per heavy atom. The molecule has 0 radical (unpaired) electrons. The first-order valence-corrected chi connectivity index (χ1v) is 5.26. The van der Waals surface area contributed by atoms with Gasteiger partial charge in [-0.05, 0) is 24.6 Å². The lowest BCUT2D eigenvalue weighted by Crippen LogP contribution is -2.10. The number of hydrazone groups is 1. The molecule has 0 aliphatic carbocycles. The van der Waals surface area contributed by atoms with Gasteiger partial charge in [-0.2, -0.15) is 5.10 Å². The monoisotopic (exact) mass is 246 g/mol. The zero-order chi connectivity index (χ0) is 13.0. The first-order chi connectivity index (χ1) is 8.63. The molecule has 0 unspecified atom stereocenters. The van der Waals surface area contributed by atoms with E-state index < -0.39 is 0 Å². The lowest BCUT2D eigenvalue weighted by molar-refractivity contribution is 0.628. The summed E-state index contributed by atoms with van der Waals surface area (Å²) in [4.78, 5) is 17.7. The second-order valence-corrected chi connectivity index (χ2v) is 3.66. The van der Waals surface area contributed by atoms with Gasteiger partial charge in [-0.1, -0.05) is 12.1 Å². The minimum Gasteiger partial charge on any atom is -0.291 e. The Bertz CT molecular complexity index is 619. The molecule has 2 N–H and O–H groups in total. The van der Waals surface area contributed by atoms with Crippen molar-refractivity contribution >= 4 is 12.2 Å². The second-order valence-electron chi connectivity index (χ2n) is 3.66. The summed E-state index contributed by atoms with van der Waals surface area (Å²) in [5, 5.41) is 3.89. The Labute approximate surface area is 102 Å². The quantitative estimate of drug-likeness (QED) is 0.639. The maximum absolute atomic E-state index is 12.7. The van der Waals surface area contributed by atoms with Crippen LogP contribution in [0.5, 0.6) is 0 Å². The summed E-state index contributed by atoms with van der Waals surface area (Å²) in [5.41, 5.74) is 3.68. The number of aromatic nitrogens is 2. The molecule has 5 nitrogen and oxygen atoms in total. The number of halogens is 1. The molecule has 1 heterocycles. The van der Waals surface area contributed by atoms with E-state index in [1.54, 1.807) is 19.1 Å². The van der Waals surface area contributed by atoms with Crippen molar-refractivity contribution in [3.63, 3.8) is 0 Å². The van der Waals surface area contributed by atoms with Crippen LogP contribution in [0, 0.1) is 12.7 Å². The van der Waals surface area contributed by atoms with Crippen LogP contribution in [0.1, 0.15) is 11.3 Å². The molecule has 0 amide bonds. The van der Waals surface area contributed by atoms with Crippen LogP contribution in [0.2, 0.25) is 0 Å². The molecule has 0 bridgehead atoms. The summed E-state index contributed by atoms with van der Waals surface area (Å²) in [7, 11) is 0. The summed E-state index contributed by atoms with van der Waals surface area (Å²) >= 11 is 0. The van der Waals surface area contributed by atoms with Gasteiger partial charge in [0.2, 0.25) is 5.95 Å². The highest BCUT2D eigenvalue weighted by Crippen LogP contribution is 2.00. The van der Waals surface area contributed by atoms with Crippen molar-refractivity contribution in [2.45, 2.75) is 6.92 Å². The summed E-state index contributed by atoms with van der Waals surface area (Å²) in [6, 6.07) is 7.25. The minimum absolute atomic E-state index is 0.248. The molecule has 0 fully saturated rings. The topological polar surface area (TPSA) is 70.1 Å². The fourth-order valence-electron chi connectivity index (χ4n) is 1.35. The number of hydrogen-bond acceptors (Lipinski definition) is 4. The van der Waals surface area contributed by atoms with E-state index in [0.717, 1.165) is 5.56 Å². The SMILES string of the molecule is Cc1cc(=O)[nH]c(NN=Cc2ccc(F)cc2)n1. The number of benzene rings is 1. The van der Waals surface area contributed by atoms with Gasteiger partial charge in [0, 0.05) is 11.8 Å². The Morgan fingerprint density at radius 3 is 2.78 bits per heavy atom. The van der Waals surface area contributed by atoms with Crippen molar-refractivity contribution in [1.29, 1.82) is 0 Å². The van der Waals surface area contributed by atoms with Gasteiger partial charge in [-0.25, -0.2) is 14.8 Å². The number of aromatic amines is 1. The predicted molar refractivity (Wildman–Crippen MR) is 67.2 cm³/mol. The average molecular weight is 246 g/mol. The van der Waals surface area contributed by atoms with Gasteiger partial charge in [0.05, 0.1) is 6.21 Å². The summed E-state index contributed by atoms with van der Waals surface area (Å²) in [5.74, 6) is -0.0387. The first kappa shape index (κ1) is 12.0. The van der Waals surface area contributed by atoms with E-state index in [2.05, 4.69) is 20.5 Å². The van der Waals surface area contributed by atoms with Crippen LogP contribution in [0.15, 0.2) is 40.2 Å². The van der Waals surface area contributed by atoms with Crippen molar-refractivity contribution in [3.8, 4) is 0 Å². The Kier molecular flexibility index (Phi) is 3.47.